The normalized spacial score (nSPS) is 15.2. The van der Waals surface area contributed by atoms with Crippen molar-refractivity contribution in [3.05, 3.63) is 194 Å². The van der Waals surface area contributed by atoms with E-state index in [0.717, 1.165) is 60.4 Å². The predicted octanol–water partition coefficient (Wildman–Crippen LogP) is 14.9. The molecular weight excluding hydrogens is 641 g/mol. The second-order valence-electron chi connectivity index (χ2n) is 13.0. The molecule has 0 fully saturated rings. The first-order chi connectivity index (χ1) is 31.7. The Morgan fingerprint density at radius 3 is 1.64 bits per heavy atom. The van der Waals surface area contributed by atoms with E-state index in [-0.39, 0.29) is 32.7 Å². The lowest BCUT2D eigenvalue weighted by Gasteiger charge is -2.18. The molecule has 0 amide bonds. The van der Waals surface area contributed by atoms with E-state index in [9.17, 15) is 5.48 Å². The lowest BCUT2D eigenvalue weighted by molar-refractivity contribution is 0.670. The molecule has 0 aliphatic rings. The molecule has 0 aliphatic heterocycles. The predicted molar refractivity (Wildman–Crippen MR) is 225 cm³/mol. The van der Waals surface area contributed by atoms with Crippen LogP contribution in [0, 0.1) is 0 Å². The Labute approximate surface area is 325 Å². The first kappa shape index (κ1) is 19.6. The van der Waals surface area contributed by atoms with E-state index in [4.69, 9.17) is 16.8 Å². The summed E-state index contributed by atoms with van der Waals surface area (Å²) in [7, 11) is 0. The topological polar surface area (TPSA) is 13.1 Å². The van der Waals surface area contributed by atoms with Gasteiger partial charge in [-0.05, 0) is 106 Å². The smallest absolute Gasteiger partial charge is 0.143 e. The Bertz CT molecular complexity index is 3870. The summed E-state index contributed by atoms with van der Waals surface area (Å²) in [6.07, 6.45) is 0. The lowest BCUT2D eigenvalue weighted by atomic mass is 9.85. The fourth-order valence-electron chi connectivity index (χ4n) is 7.78. The molecule has 53 heavy (non-hydrogen) atoms. The fourth-order valence-corrected chi connectivity index (χ4v) is 7.78. The molecule has 0 N–H and O–H groups in total. The van der Waals surface area contributed by atoms with Gasteiger partial charge < -0.3 is 4.42 Å². The first-order valence-corrected chi connectivity index (χ1v) is 17.2. The standard InChI is InChI=1S/C52H32O/c1-2-13-34(14-3-1)50-44-17-6-8-19-46(44)51(47-20-9-7-18-45(47)50)39-27-25-35-30-37(26-24-36(35)31-39)42-22-11-23-48-43-29-28-38(32-49(43)53-52(42)48)41-21-10-15-33-12-4-5-16-40(33)41/h1-32H/i1D,2D,3D,6D,7D,8D,9D,13D,14D,17D,18D,19D,20D. The SMILES string of the molecule is [2H]c1c([2H])c([2H])c(-c2c3c([2H])c([2H])c([2H])c([2H])c3c(-c3ccc4cc(-c5cccc6c5oc5cc(-c7cccc8ccccc78)ccc56)ccc4c3)c3c([2H])c([2H])c([2H])c([2H])c23)c([2H])c1[2H]. The van der Waals surface area contributed by atoms with Crippen LogP contribution >= 0.6 is 0 Å². The van der Waals surface area contributed by atoms with Crippen LogP contribution in [0.2, 0.25) is 0 Å². The Morgan fingerprint density at radius 2 is 0.887 bits per heavy atom. The van der Waals surface area contributed by atoms with Crippen LogP contribution in [0.3, 0.4) is 0 Å². The van der Waals surface area contributed by atoms with E-state index in [1.807, 2.05) is 54.6 Å². The summed E-state index contributed by atoms with van der Waals surface area (Å²) >= 11 is 0. The maximum Gasteiger partial charge on any atom is 0.143 e. The fraction of sp³-hybridized carbons (Fsp3) is 0. The van der Waals surface area contributed by atoms with E-state index < -0.39 is 84.1 Å². The maximum atomic E-state index is 9.29. The number of hydrogen-bond acceptors (Lipinski definition) is 1. The zero-order chi connectivity index (χ0) is 46.2. The van der Waals surface area contributed by atoms with E-state index in [1.165, 1.54) is 0 Å². The van der Waals surface area contributed by atoms with Crippen molar-refractivity contribution >= 4 is 65.0 Å². The Hall–Kier alpha value is -6.96. The molecule has 1 heteroatoms. The highest BCUT2D eigenvalue weighted by Crippen LogP contribution is 2.45. The van der Waals surface area contributed by atoms with E-state index in [1.54, 1.807) is 12.1 Å². The highest BCUT2D eigenvalue weighted by atomic mass is 16.3. The van der Waals surface area contributed by atoms with Crippen molar-refractivity contribution in [2.45, 2.75) is 0 Å². The highest BCUT2D eigenvalue weighted by Gasteiger charge is 2.18. The molecule has 0 unspecified atom stereocenters. The third-order valence-electron chi connectivity index (χ3n) is 10.2. The lowest BCUT2D eigenvalue weighted by Crippen LogP contribution is -1.90. The third kappa shape index (κ3) is 4.71. The van der Waals surface area contributed by atoms with E-state index in [2.05, 4.69) is 48.5 Å². The third-order valence-corrected chi connectivity index (χ3v) is 10.2. The van der Waals surface area contributed by atoms with Crippen LogP contribution < -0.4 is 0 Å². The average molecular weight is 686 g/mol. The molecule has 11 aromatic rings. The molecule has 10 aromatic carbocycles. The Balaban J connectivity index is 1.13. The van der Waals surface area contributed by atoms with Crippen LogP contribution in [0.4, 0.5) is 0 Å². The molecule has 1 aromatic heterocycles. The highest BCUT2D eigenvalue weighted by molar-refractivity contribution is 6.22. The van der Waals surface area contributed by atoms with Crippen molar-refractivity contribution in [3.63, 3.8) is 0 Å². The minimum Gasteiger partial charge on any atom is -0.455 e. The van der Waals surface area contributed by atoms with Crippen LogP contribution in [0.25, 0.3) is 110 Å². The summed E-state index contributed by atoms with van der Waals surface area (Å²) in [5, 5.41) is 5.01. The van der Waals surface area contributed by atoms with E-state index in [0.29, 0.717) is 10.9 Å². The number of hydrogen-bond donors (Lipinski definition) is 0. The molecule has 0 radical (unpaired) electrons. The van der Waals surface area contributed by atoms with Crippen LogP contribution in [0.1, 0.15) is 17.8 Å². The minimum absolute atomic E-state index is 0.0796. The molecular formula is C52H32O. The Kier molecular flexibility index (Phi) is 4.36. The zero-order valence-corrected chi connectivity index (χ0v) is 27.9. The molecule has 0 saturated carbocycles. The van der Waals surface area contributed by atoms with Crippen LogP contribution in [-0.4, -0.2) is 0 Å². The molecule has 1 nitrogen and oxygen atoms in total. The van der Waals surface area contributed by atoms with Gasteiger partial charge in [0.05, 0.1) is 17.8 Å². The molecule has 0 saturated heterocycles. The summed E-state index contributed by atoms with van der Waals surface area (Å²) in [5.74, 6) is 0. The monoisotopic (exact) mass is 685 g/mol. The van der Waals surface area contributed by atoms with Crippen molar-refractivity contribution in [1.82, 2.24) is 0 Å². The number of furan rings is 1. The van der Waals surface area contributed by atoms with Gasteiger partial charge in [-0.1, -0.05) is 170 Å². The number of benzene rings is 10. The maximum absolute atomic E-state index is 9.29. The van der Waals surface area contributed by atoms with Crippen molar-refractivity contribution in [2.24, 2.45) is 0 Å². The first-order valence-electron chi connectivity index (χ1n) is 23.7. The van der Waals surface area contributed by atoms with Gasteiger partial charge in [0, 0.05) is 16.3 Å². The molecule has 246 valence electrons. The van der Waals surface area contributed by atoms with Gasteiger partial charge in [0.2, 0.25) is 0 Å². The van der Waals surface area contributed by atoms with Gasteiger partial charge in [0.15, 0.2) is 0 Å². The van der Waals surface area contributed by atoms with Crippen molar-refractivity contribution in [1.29, 1.82) is 0 Å². The zero-order valence-electron chi connectivity index (χ0n) is 40.9. The summed E-state index contributed by atoms with van der Waals surface area (Å²) in [4.78, 5) is 0. The van der Waals surface area contributed by atoms with Crippen LogP contribution in [0.15, 0.2) is 198 Å². The largest absolute Gasteiger partial charge is 0.455 e. The van der Waals surface area contributed by atoms with Gasteiger partial charge in [0.25, 0.3) is 0 Å². The van der Waals surface area contributed by atoms with Crippen LogP contribution in [-0.2, 0) is 0 Å². The number of fused-ring (bicyclic) bond motifs is 7. The number of para-hydroxylation sites is 1. The van der Waals surface area contributed by atoms with Gasteiger partial charge in [0.1, 0.15) is 11.2 Å². The summed E-state index contributed by atoms with van der Waals surface area (Å²) in [6.45, 7) is 0. The number of rotatable bonds is 4. The van der Waals surface area contributed by atoms with Gasteiger partial charge in [-0.15, -0.1) is 0 Å². The second-order valence-corrected chi connectivity index (χ2v) is 13.0. The molecule has 0 atom stereocenters. The van der Waals surface area contributed by atoms with Crippen LogP contribution in [0.5, 0.6) is 0 Å². The summed E-state index contributed by atoms with van der Waals surface area (Å²) in [6, 6.07) is 29.8. The van der Waals surface area contributed by atoms with Crippen molar-refractivity contribution < 1.29 is 22.2 Å². The molecule has 11 rings (SSSR count). The van der Waals surface area contributed by atoms with E-state index >= 15 is 0 Å². The quantitative estimate of drug-likeness (QED) is 0.168. The molecule has 1 heterocycles. The summed E-state index contributed by atoms with van der Waals surface area (Å²) in [5.41, 5.74) is 5.05. The summed E-state index contributed by atoms with van der Waals surface area (Å²) < 4.78 is 122. The average Bonchev–Trinajstić information content (AvgIpc) is 3.72. The van der Waals surface area contributed by atoms with Gasteiger partial charge in [-0.2, -0.15) is 0 Å². The second kappa shape index (κ2) is 11.8. The minimum atomic E-state index is -0.713. The Morgan fingerprint density at radius 1 is 0.340 bits per heavy atom. The van der Waals surface area contributed by atoms with Gasteiger partial charge in [-0.25, -0.2) is 0 Å². The molecule has 0 bridgehead atoms. The van der Waals surface area contributed by atoms with Crippen molar-refractivity contribution in [2.75, 3.05) is 0 Å². The van der Waals surface area contributed by atoms with Gasteiger partial charge in [-0.3, -0.25) is 0 Å². The molecule has 0 aliphatic carbocycles. The molecule has 0 spiro atoms. The van der Waals surface area contributed by atoms with Gasteiger partial charge >= 0.3 is 0 Å². The van der Waals surface area contributed by atoms with Crippen molar-refractivity contribution in [3.8, 4) is 44.5 Å².